The van der Waals surface area contributed by atoms with Crippen LogP contribution < -0.4 is 0 Å². The summed E-state index contributed by atoms with van der Waals surface area (Å²) in [5.41, 5.74) is 2.45. The van der Waals surface area contributed by atoms with Crippen molar-refractivity contribution in [2.24, 2.45) is 0 Å². The van der Waals surface area contributed by atoms with Gasteiger partial charge in [-0.15, -0.1) is 6.07 Å². The fraction of sp³-hybridized carbons (Fsp3) is 0.462. The van der Waals surface area contributed by atoms with Gasteiger partial charge in [-0.2, -0.15) is 13.8 Å². The van der Waals surface area contributed by atoms with Crippen LogP contribution in [0.15, 0.2) is 16.9 Å². The van der Waals surface area contributed by atoms with Crippen molar-refractivity contribution < 1.29 is 25.5 Å². The van der Waals surface area contributed by atoms with E-state index in [2.05, 4.69) is 36.9 Å². The topological polar surface area (TPSA) is 38.9 Å². The first-order valence-corrected chi connectivity index (χ1v) is 5.35. The standard InChI is InChI=1S/C10H11N2O.C3H7.W/c1-10(2,3)9-4-7-8(5-11-9)13-6-12-7;1-3-2;/h4,6H,1-3H3;3H,1-2H3;/q2*-1;+2. The number of hydrogen-bond acceptors (Lipinski definition) is 3. The van der Waals surface area contributed by atoms with Crippen molar-refractivity contribution in [3.05, 3.63) is 30.8 Å². The maximum Gasteiger partial charge on any atom is 2.00 e. The van der Waals surface area contributed by atoms with Crippen molar-refractivity contribution in [2.45, 2.75) is 40.0 Å². The molecule has 0 N–H and O–H groups in total. The molecular formula is C13H18N2OW. The average molecular weight is 402 g/mol. The van der Waals surface area contributed by atoms with Gasteiger partial charge in [0.25, 0.3) is 0 Å². The quantitative estimate of drug-likeness (QED) is 0.633. The Labute approximate surface area is 117 Å². The van der Waals surface area contributed by atoms with E-state index < -0.39 is 0 Å². The summed E-state index contributed by atoms with van der Waals surface area (Å²) in [5.74, 6) is 0. The minimum atomic E-state index is 0. The van der Waals surface area contributed by atoms with Crippen LogP contribution in [-0.4, -0.2) is 9.97 Å². The Morgan fingerprint density at radius 2 is 1.88 bits per heavy atom. The molecule has 0 atom stereocenters. The van der Waals surface area contributed by atoms with Crippen molar-refractivity contribution >= 4 is 11.1 Å². The number of aromatic nitrogens is 2. The molecule has 0 bridgehead atoms. The van der Waals surface area contributed by atoms with Crippen molar-refractivity contribution in [1.82, 2.24) is 9.97 Å². The molecule has 0 aliphatic rings. The van der Waals surface area contributed by atoms with Gasteiger partial charge in [-0.05, 0) is 11.6 Å². The molecule has 0 aromatic carbocycles. The predicted octanol–water partition coefficient (Wildman–Crippen LogP) is 3.55. The monoisotopic (exact) mass is 402 g/mol. The zero-order valence-corrected chi connectivity index (χ0v) is 13.9. The summed E-state index contributed by atoms with van der Waals surface area (Å²) in [5, 5.41) is 0. The second kappa shape index (κ2) is 6.90. The summed E-state index contributed by atoms with van der Waals surface area (Å²) in [4.78, 5) is 8.25. The van der Waals surface area contributed by atoms with E-state index in [4.69, 9.17) is 4.42 Å². The first kappa shape index (κ1) is 16.3. The number of nitrogens with zero attached hydrogens (tertiary/aromatic N) is 2. The molecule has 0 saturated heterocycles. The molecule has 0 spiro atoms. The maximum atomic E-state index is 5.06. The molecule has 0 aliphatic heterocycles. The van der Waals surface area contributed by atoms with Crippen LogP contribution in [0.5, 0.6) is 0 Å². The number of oxazole rings is 1. The van der Waals surface area contributed by atoms with Gasteiger partial charge in [-0.1, -0.05) is 26.5 Å². The van der Waals surface area contributed by atoms with Crippen LogP contribution in [0.4, 0.5) is 0 Å². The SMILES string of the molecule is CC(C)(C)c1cc2ncoc2[c-]n1.C[CH-]C.[W+2]. The van der Waals surface area contributed by atoms with E-state index in [1.807, 2.05) is 26.3 Å². The van der Waals surface area contributed by atoms with Crippen molar-refractivity contribution in [2.75, 3.05) is 0 Å². The molecule has 17 heavy (non-hydrogen) atoms. The Hall–Kier alpha value is -0.692. The first-order chi connectivity index (χ1) is 7.49. The van der Waals surface area contributed by atoms with Crippen molar-refractivity contribution in [1.29, 1.82) is 0 Å². The molecule has 2 rings (SSSR count). The van der Waals surface area contributed by atoms with Gasteiger partial charge in [-0.3, -0.25) is 4.98 Å². The van der Waals surface area contributed by atoms with E-state index in [-0.39, 0.29) is 26.5 Å². The van der Waals surface area contributed by atoms with Crippen LogP contribution in [0.2, 0.25) is 0 Å². The Morgan fingerprint density at radius 3 is 2.41 bits per heavy atom. The van der Waals surface area contributed by atoms with Gasteiger partial charge in [0, 0.05) is 5.52 Å². The van der Waals surface area contributed by atoms with E-state index in [1.54, 1.807) is 0 Å². The zero-order valence-electron chi connectivity index (χ0n) is 10.9. The minimum Gasteiger partial charge on any atom is -0.469 e. The molecule has 2 aromatic heterocycles. The maximum absolute atomic E-state index is 5.06. The second-order valence-corrected chi connectivity index (χ2v) is 4.65. The molecule has 0 aliphatic carbocycles. The summed E-state index contributed by atoms with van der Waals surface area (Å²) in [7, 11) is 0. The van der Waals surface area contributed by atoms with Gasteiger partial charge in [-0.25, -0.2) is 0 Å². The van der Waals surface area contributed by atoms with Crippen molar-refractivity contribution in [3.63, 3.8) is 0 Å². The minimum absolute atomic E-state index is 0. The first-order valence-electron chi connectivity index (χ1n) is 5.35. The fourth-order valence-corrected chi connectivity index (χ4v) is 1.10. The normalized spacial score (nSPS) is 10.4. The molecule has 0 fully saturated rings. The van der Waals surface area contributed by atoms with Crippen LogP contribution in [0.1, 0.15) is 40.3 Å². The predicted molar refractivity (Wildman–Crippen MR) is 65.0 cm³/mol. The Kier molecular flexibility index (Phi) is 6.62. The molecule has 3 nitrogen and oxygen atoms in total. The van der Waals surface area contributed by atoms with Gasteiger partial charge < -0.3 is 15.8 Å². The van der Waals surface area contributed by atoms with Gasteiger partial charge in [0.1, 0.15) is 0 Å². The van der Waals surface area contributed by atoms with Crippen molar-refractivity contribution in [3.8, 4) is 0 Å². The Morgan fingerprint density at radius 1 is 1.29 bits per heavy atom. The van der Waals surface area contributed by atoms with E-state index >= 15 is 0 Å². The molecule has 2 heterocycles. The van der Waals surface area contributed by atoms with E-state index in [9.17, 15) is 0 Å². The fourth-order valence-electron chi connectivity index (χ4n) is 1.10. The summed E-state index contributed by atoms with van der Waals surface area (Å²) >= 11 is 0. The van der Waals surface area contributed by atoms with Crippen LogP contribution in [0.25, 0.3) is 11.1 Å². The Bertz CT molecular complexity index is 446. The molecule has 2 aromatic rings. The van der Waals surface area contributed by atoms with E-state index in [1.165, 1.54) is 6.39 Å². The number of rotatable bonds is 0. The summed E-state index contributed by atoms with van der Waals surface area (Å²) < 4.78 is 5.06. The molecule has 0 amide bonds. The average Bonchev–Trinajstić information content (AvgIpc) is 2.63. The third-order valence-electron chi connectivity index (χ3n) is 1.91. The van der Waals surface area contributed by atoms with E-state index in [0.29, 0.717) is 5.58 Å². The van der Waals surface area contributed by atoms with E-state index in [0.717, 1.165) is 11.2 Å². The van der Waals surface area contributed by atoms with Crippen LogP contribution >= 0.6 is 0 Å². The number of fused-ring (bicyclic) bond motifs is 1. The summed E-state index contributed by atoms with van der Waals surface area (Å²) in [6.07, 6.45) is 6.24. The van der Waals surface area contributed by atoms with Crippen LogP contribution in [-0.2, 0) is 26.5 Å². The van der Waals surface area contributed by atoms with Gasteiger partial charge in [0.2, 0.25) is 0 Å². The van der Waals surface area contributed by atoms with Gasteiger partial charge in [0.15, 0.2) is 6.39 Å². The molecule has 0 radical (unpaired) electrons. The number of hydrogen-bond donors (Lipinski definition) is 0. The third-order valence-corrected chi connectivity index (χ3v) is 1.91. The van der Waals surface area contributed by atoms with Gasteiger partial charge >= 0.3 is 21.1 Å². The summed E-state index contributed by atoms with van der Waals surface area (Å²) in [6, 6.07) is 1.94. The molecule has 4 heteroatoms. The molecule has 0 unspecified atom stereocenters. The molecule has 92 valence electrons. The molecular weight excluding hydrogens is 384 g/mol. The van der Waals surface area contributed by atoms with Gasteiger partial charge in [0.05, 0.1) is 5.58 Å². The third kappa shape index (κ3) is 4.59. The largest absolute Gasteiger partial charge is 2.00 e. The van der Waals surface area contributed by atoms with Crippen LogP contribution in [0, 0.1) is 12.6 Å². The number of pyridine rings is 1. The van der Waals surface area contributed by atoms with Crippen LogP contribution in [0.3, 0.4) is 0 Å². The summed E-state index contributed by atoms with van der Waals surface area (Å²) in [6.45, 7) is 10.3. The smallest absolute Gasteiger partial charge is 0.469 e. The second-order valence-electron chi connectivity index (χ2n) is 4.65. The molecule has 0 saturated carbocycles. The zero-order chi connectivity index (χ0) is 12.2. The Balaban J connectivity index is 0.000000583.